The van der Waals surface area contributed by atoms with Crippen molar-refractivity contribution < 1.29 is 28.6 Å². The van der Waals surface area contributed by atoms with E-state index in [1.54, 1.807) is 38.0 Å². The summed E-state index contributed by atoms with van der Waals surface area (Å²) in [6, 6.07) is 19.8. The summed E-state index contributed by atoms with van der Waals surface area (Å²) in [5, 5.41) is 7.70. The Morgan fingerprint density at radius 3 is 2.30 bits per heavy atom. The van der Waals surface area contributed by atoms with Gasteiger partial charge in [0.05, 0.1) is 29.0 Å². The van der Waals surface area contributed by atoms with Crippen molar-refractivity contribution in [3.63, 3.8) is 0 Å². The molecule has 1 aromatic heterocycles. The van der Waals surface area contributed by atoms with Gasteiger partial charge in [-0.25, -0.2) is 14.7 Å². The van der Waals surface area contributed by atoms with Crippen LogP contribution in [0.4, 0.5) is 10.5 Å². The molecule has 3 aromatic carbocycles. The molecule has 4 aromatic rings. The molecule has 0 saturated carbocycles. The van der Waals surface area contributed by atoms with Crippen LogP contribution in [0.3, 0.4) is 0 Å². The van der Waals surface area contributed by atoms with Gasteiger partial charge < -0.3 is 14.2 Å². The monoisotopic (exact) mass is 661 g/mol. The topological polar surface area (TPSA) is 92.1 Å². The predicted molar refractivity (Wildman–Crippen MR) is 173 cm³/mol. The summed E-state index contributed by atoms with van der Waals surface area (Å²) in [4.78, 5) is 32.6. The van der Waals surface area contributed by atoms with Crippen molar-refractivity contribution in [1.29, 1.82) is 0 Å². The summed E-state index contributed by atoms with van der Waals surface area (Å²) in [5.41, 5.74) is 2.12. The summed E-state index contributed by atoms with van der Waals surface area (Å²) < 4.78 is 18.9. The number of benzene rings is 3. The Morgan fingerprint density at radius 1 is 0.932 bits per heavy atom. The van der Waals surface area contributed by atoms with Crippen molar-refractivity contribution in [3.05, 3.63) is 83.6 Å². The molecule has 0 amide bonds. The molecule has 9 nitrogen and oxygen atoms in total. The van der Waals surface area contributed by atoms with Gasteiger partial charge in [-0.15, -0.1) is 0 Å². The van der Waals surface area contributed by atoms with Crippen molar-refractivity contribution >= 4 is 50.1 Å². The lowest BCUT2D eigenvalue weighted by Gasteiger charge is -2.32. The molecule has 5 rings (SSSR count). The zero-order valence-corrected chi connectivity index (χ0v) is 27.3. The Bertz CT molecular complexity index is 1710. The van der Waals surface area contributed by atoms with Crippen molar-refractivity contribution in [1.82, 2.24) is 9.78 Å². The second-order valence-electron chi connectivity index (χ2n) is 12.4. The molecule has 230 valence electrons. The lowest BCUT2D eigenvalue weighted by atomic mass is 9.99. The van der Waals surface area contributed by atoms with Gasteiger partial charge in [-0.2, -0.15) is 9.78 Å². The summed E-state index contributed by atoms with van der Waals surface area (Å²) in [5.74, 6) is 3.35. The molecule has 1 unspecified atom stereocenters. The standard InChI is InChI=1S/C34H36BrN3O6/c1-33(2,3)43-32(40)37-28-15-13-23(42-21-22-10-8-7-9-11-22)18-26(28)30(36-37)31-27(20-39)25-14-12-24(41-17-16-35)19-29(25)38(31)44-34(4,5)6/h7-15,18-19,31H,16-17,21H2,1-6H3. The van der Waals surface area contributed by atoms with Crippen LogP contribution in [-0.2, 0) is 21.0 Å². The number of hydroxylamine groups is 1. The van der Waals surface area contributed by atoms with Crippen LogP contribution in [0.1, 0.15) is 64.4 Å². The van der Waals surface area contributed by atoms with Crippen molar-refractivity contribution in [2.24, 2.45) is 0 Å². The number of aromatic nitrogens is 2. The number of ether oxygens (including phenoxy) is 3. The van der Waals surface area contributed by atoms with Crippen molar-refractivity contribution in [3.8, 4) is 11.5 Å². The quantitative estimate of drug-likeness (QED) is 0.140. The third kappa shape index (κ3) is 6.83. The maximum absolute atomic E-state index is 13.4. The number of alkyl halides is 1. The first-order chi connectivity index (χ1) is 20.9. The smallest absolute Gasteiger partial charge is 0.435 e. The summed E-state index contributed by atoms with van der Waals surface area (Å²) >= 11 is 3.39. The number of hydrogen-bond acceptors (Lipinski definition) is 8. The Labute approximate surface area is 265 Å². The largest absolute Gasteiger partial charge is 0.493 e. The first-order valence-electron chi connectivity index (χ1n) is 14.4. The van der Waals surface area contributed by atoms with E-state index in [1.807, 2.05) is 75.4 Å². The number of hydrogen-bond donors (Lipinski definition) is 0. The highest BCUT2D eigenvalue weighted by Gasteiger charge is 2.43. The molecule has 2 heterocycles. The van der Waals surface area contributed by atoms with E-state index in [0.29, 0.717) is 63.5 Å². The Balaban J connectivity index is 1.66. The fourth-order valence-electron chi connectivity index (χ4n) is 4.92. The van der Waals surface area contributed by atoms with E-state index in [-0.39, 0.29) is 0 Å². The minimum absolute atomic E-state index is 0.322. The second kappa shape index (κ2) is 12.5. The minimum atomic E-state index is -0.830. The van der Waals surface area contributed by atoms with Crippen molar-refractivity contribution in [2.75, 3.05) is 17.0 Å². The van der Waals surface area contributed by atoms with Crippen LogP contribution < -0.4 is 14.5 Å². The van der Waals surface area contributed by atoms with E-state index < -0.39 is 23.3 Å². The number of fused-ring (bicyclic) bond motifs is 2. The van der Waals surface area contributed by atoms with Gasteiger partial charge in [0.25, 0.3) is 0 Å². The molecule has 0 bridgehead atoms. The predicted octanol–water partition coefficient (Wildman–Crippen LogP) is 7.68. The summed E-state index contributed by atoms with van der Waals surface area (Å²) in [6.07, 6.45) is -0.646. The van der Waals surface area contributed by atoms with E-state index >= 15 is 0 Å². The van der Waals surface area contributed by atoms with Crippen molar-refractivity contribution in [2.45, 2.75) is 65.4 Å². The van der Waals surface area contributed by atoms with Gasteiger partial charge >= 0.3 is 6.09 Å². The molecule has 0 aliphatic carbocycles. The van der Waals surface area contributed by atoms with Gasteiger partial charge in [0.1, 0.15) is 41.4 Å². The Hall–Kier alpha value is -4.11. The van der Waals surface area contributed by atoms with E-state index in [0.717, 1.165) is 5.56 Å². The van der Waals surface area contributed by atoms with Crippen LogP contribution in [-0.4, -0.2) is 45.0 Å². The van der Waals surface area contributed by atoms with Crippen LogP contribution >= 0.6 is 15.9 Å². The molecule has 0 radical (unpaired) electrons. The van der Waals surface area contributed by atoms with Crippen LogP contribution in [0.15, 0.2) is 66.7 Å². The molecule has 10 heteroatoms. The van der Waals surface area contributed by atoms with Crippen LogP contribution in [0, 0.1) is 0 Å². The summed E-state index contributed by atoms with van der Waals surface area (Å²) in [7, 11) is 0. The van der Waals surface area contributed by atoms with E-state index in [1.165, 1.54) is 4.68 Å². The van der Waals surface area contributed by atoms with E-state index in [9.17, 15) is 9.59 Å². The molecule has 0 spiro atoms. The highest BCUT2D eigenvalue weighted by molar-refractivity contribution is 9.09. The van der Waals surface area contributed by atoms with Crippen LogP contribution in [0.25, 0.3) is 16.5 Å². The Morgan fingerprint density at radius 2 is 1.64 bits per heavy atom. The lowest BCUT2D eigenvalue weighted by molar-refractivity contribution is -0.0265. The molecule has 1 atom stereocenters. The first kappa shape index (κ1) is 31.3. The maximum atomic E-state index is 13.4. The second-order valence-corrected chi connectivity index (χ2v) is 13.2. The van der Waals surface area contributed by atoms with Gasteiger partial charge in [0.2, 0.25) is 0 Å². The van der Waals surface area contributed by atoms with Gasteiger partial charge in [-0.1, -0.05) is 46.3 Å². The van der Waals surface area contributed by atoms with Gasteiger partial charge in [-0.3, -0.25) is 4.84 Å². The fourth-order valence-corrected chi connectivity index (χ4v) is 5.09. The molecule has 0 N–H and O–H groups in total. The minimum Gasteiger partial charge on any atom is -0.493 e. The Kier molecular flexibility index (Phi) is 8.88. The average molecular weight is 663 g/mol. The zero-order valence-electron chi connectivity index (χ0n) is 25.7. The average Bonchev–Trinajstić information content (AvgIpc) is 3.48. The number of nitrogens with zero attached hydrogens (tertiary/aromatic N) is 3. The number of rotatable bonds is 8. The van der Waals surface area contributed by atoms with E-state index in [4.69, 9.17) is 24.1 Å². The maximum Gasteiger partial charge on any atom is 0.435 e. The molecular formula is C34H36BrN3O6. The number of carbonyl (C=O) groups excluding carboxylic acids is 2. The SMILES string of the molecule is CC(C)(C)OC(=O)n1nc(C2C(=C=O)c3ccc(OCCBr)cc3N2OC(C)(C)C)c2cc(OCc3ccccc3)ccc21. The number of carbonyl (C=O) groups is 1. The van der Waals surface area contributed by atoms with Gasteiger partial charge in [0.15, 0.2) is 0 Å². The molecule has 44 heavy (non-hydrogen) atoms. The third-order valence-electron chi connectivity index (χ3n) is 6.59. The zero-order chi connectivity index (χ0) is 31.6. The molecular weight excluding hydrogens is 626 g/mol. The third-order valence-corrected chi connectivity index (χ3v) is 6.91. The molecule has 1 aliphatic rings. The highest BCUT2D eigenvalue weighted by Crippen LogP contribution is 2.50. The number of anilines is 1. The fraction of sp³-hybridized carbons (Fsp3) is 0.353. The molecule has 0 fully saturated rings. The summed E-state index contributed by atoms with van der Waals surface area (Å²) in [6.45, 7) is 12.0. The highest BCUT2D eigenvalue weighted by atomic mass is 79.9. The lowest BCUT2D eigenvalue weighted by Crippen LogP contribution is -2.35. The van der Waals surface area contributed by atoms with Gasteiger partial charge in [-0.05, 0) is 77.4 Å². The number of halogens is 1. The van der Waals surface area contributed by atoms with Crippen LogP contribution in [0.2, 0.25) is 0 Å². The molecule has 0 saturated heterocycles. The molecule has 1 aliphatic heterocycles. The van der Waals surface area contributed by atoms with Gasteiger partial charge in [0, 0.05) is 22.3 Å². The normalized spacial score (nSPS) is 14.8. The van der Waals surface area contributed by atoms with Crippen LogP contribution in [0.5, 0.6) is 11.5 Å². The first-order valence-corrected chi connectivity index (χ1v) is 15.5. The van der Waals surface area contributed by atoms with E-state index in [2.05, 4.69) is 21.9 Å².